The van der Waals surface area contributed by atoms with Gasteiger partial charge in [-0.15, -0.1) is 0 Å². The molecule has 2 aromatic carbocycles. The molecule has 1 aliphatic heterocycles. The van der Waals surface area contributed by atoms with Gasteiger partial charge in [0.2, 0.25) is 0 Å². The van der Waals surface area contributed by atoms with Gasteiger partial charge >= 0.3 is 0 Å². The van der Waals surface area contributed by atoms with E-state index in [4.69, 9.17) is 4.74 Å². The van der Waals surface area contributed by atoms with Crippen LogP contribution in [0.5, 0.6) is 0 Å². The second-order valence-corrected chi connectivity index (χ2v) is 8.31. The third-order valence-corrected chi connectivity index (χ3v) is 5.43. The molecular formula is C24H27FO3. The monoisotopic (exact) mass is 382 g/mol. The Morgan fingerprint density at radius 3 is 2.36 bits per heavy atom. The molecule has 1 heterocycles. The summed E-state index contributed by atoms with van der Waals surface area (Å²) in [5, 5.41) is 10.8. The van der Waals surface area contributed by atoms with Crippen LogP contribution >= 0.6 is 0 Å². The van der Waals surface area contributed by atoms with Crippen molar-refractivity contribution in [2.24, 2.45) is 0 Å². The Balaban J connectivity index is 2.21. The van der Waals surface area contributed by atoms with Crippen LogP contribution in [-0.4, -0.2) is 22.1 Å². The maximum Gasteiger partial charge on any atom is 0.198 e. The number of ketones is 1. The van der Waals surface area contributed by atoms with Crippen molar-refractivity contribution in [1.82, 2.24) is 0 Å². The third-order valence-electron chi connectivity index (χ3n) is 5.43. The molecule has 0 bridgehead atoms. The van der Waals surface area contributed by atoms with Gasteiger partial charge in [0.1, 0.15) is 22.8 Å². The van der Waals surface area contributed by atoms with E-state index in [2.05, 4.69) is 0 Å². The lowest BCUT2D eigenvalue weighted by molar-refractivity contribution is -0.158. The number of carbonyl (C=O) groups excluding carboxylic acids is 1. The largest absolute Gasteiger partial charge is 0.508 e. The maximum atomic E-state index is 14.0. The molecule has 0 unspecified atom stereocenters. The van der Waals surface area contributed by atoms with E-state index in [-0.39, 0.29) is 17.4 Å². The fraction of sp³-hybridized carbons (Fsp3) is 0.375. The topological polar surface area (TPSA) is 46.5 Å². The summed E-state index contributed by atoms with van der Waals surface area (Å²) >= 11 is 0. The van der Waals surface area contributed by atoms with Crippen LogP contribution in [0.1, 0.15) is 51.3 Å². The van der Waals surface area contributed by atoms with Crippen LogP contribution in [0, 0.1) is 12.7 Å². The van der Waals surface area contributed by atoms with Gasteiger partial charge in [-0.25, -0.2) is 4.39 Å². The quantitative estimate of drug-likeness (QED) is 0.731. The van der Waals surface area contributed by atoms with Crippen LogP contribution in [0.3, 0.4) is 0 Å². The SMILES string of the molecule is CCc1cc(-c2cccc(F)c2C)ccc1C1=C(O)C(C)(C)OC(C)(C)C1=O. The summed E-state index contributed by atoms with van der Waals surface area (Å²) in [5.41, 5.74) is 2.22. The molecular weight excluding hydrogens is 355 g/mol. The minimum Gasteiger partial charge on any atom is -0.508 e. The van der Waals surface area contributed by atoms with Crippen LogP contribution in [-0.2, 0) is 16.0 Å². The number of rotatable bonds is 3. The molecule has 4 heteroatoms. The first-order valence-electron chi connectivity index (χ1n) is 9.57. The first-order valence-corrected chi connectivity index (χ1v) is 9.57. The molecule has 0 aliphatic carbocycles. The molecule has 28 heavy (non-hydrogen) atoms. The van der Waals surface area contributed by atoms with Crippen molar-refractivity contribution < 1.29 is 19.0 Å². The molecule has 0 spiro atoms. The molecule has 0 aromatic heterocycles. The lowest BCUT2D eigenvalue weighted by Gasteiger charge is -2.40. The van der Waals surface area contributed by atoms with Crippen LogP contribution < -0.4 is 0 Å². The Morgan fingerprint density at radius 2 is 1.71 bits per heavy atom. The summed E-state index contributed by atoms with van der Waals surface area (Å²) in [5.74, 6) is -0.544. The Kier molecular flexibility index (Phi) is 4.96. The van der Waals surface area contributed by atoms with Gasteiger partial charge in [0.15, 0.2) is 5.78 Å². The first kappa shape index (κ1) is 20.3. The van der Waals surface area contributed by atoms with Gasteiger partial charge in [0.05, 0.1) is 5.57 Å². The molecule has 148 valence electrons. The zero-order chi connectivity index (χ0) is 20.9. The number of ether oxygens (including phenoxy) is 1. The predicted molar refractivity (Wildman–Crippen MR) is 110 cm³/mol. The molecule has 0 atom stereocenters. The van der Waals surface area contributed by atoms with Gasteiger partial charge in [0, 0.05) is 0 Å². The Labute approximate surface area is 165 Å². The number of hydrogen-bond acceptors (Lipinski definition) is 3. The van der Waals surface area contributed by atoms with Gasteiger partial charge in [-0.2, -0.15) is 0 Å². The predicted octanol–water partition coefficient (Wildman–Crippen LogP) is 5.79. The number of hydrogen-bond donors (Lipinski definition) is 1. The molecule has 2 aromatic rings. The average Bonchev–Trinajstić information content (AvgIpc) is 2.62. The highest BCUT2D eigenvalue weighted by molar-refractivity contribution is 6.26. The van der Waals surface area contributed by atoms with E-state index < -0.39 is 11.2 Å². The number of carbonyl (C=O) groups is 1. The number of benzene rings is 2. The minimum atomic E-state index is -1.03. The van der Waals surface area contributed by atoms with E-state index >= 15 is 0 Å². The zero-order valence-corrected chi connectivity index (χ0v) is 17.3. The third kappa shape index (κ3) is 3.26. The van der Waals surface area contributed by atoms with E-state index in [0.29, 0.717) is 23.1 Å². The Bertz CT molecular complexity index is 983. The Morgan fingerprint density at radius 1 is 1.04 bits per heavy atom. The highest BCUT2D eigenvalue weighted by Gasteiger charge is 2.47. The van der Waals surface area contributed by atoms with E-state index in [1.165, 1.54) is 6.07 Å². The summed E-state index contributed by atoms with van der Waals surface area (Å²) in [4.78, 5) is 13.1. The smallest absolute Gasteiger partial charge is 0.198 e. The molecule has 0 saturated heterocycles. The maximum absolute atomic E-state index is 14.0. The molecule has 3 rings (SSSR count). The van der Waals surface area contributed by atoms with Crippen molar-refractivity contribution >= 4 is 11.4 Å². The molecule has 0 amide bonds. The van der Waals surface area contributed by atoms with Crippen molar-refractivity contribution in [3.05, 3.63) is 64.7 Å². The number of Topliss-reactive ketones (excluding diaryl/α,β-unsaturated/α-hetero) is 1. The Hall–Kier alpha value is -2.46. The fourth-order valence-electron chi connectivity index (χ4n) is 3.91. The number of aryl methyl sites for hydroxylation is 1. The second-order valence-electron chi connectivity index (χ2n) is 8.31. The van der Waals surface area contributed by atoms with Gasteiger partial charge in [0.25, 0.3) is 0 Å². The van der Waals surface area contributed by atoms with Gasteiger partial charge in [-0.05, 0) is 74.9 Å². The van der Waals surface area contributed by atoms with Gasteiger partial charge in [-0.1, -0.05) is 37.3 Å². The molecule has 3 nitrogen and oxygen atoms in total. The van der Waals surface area contributed by atoms with Crippen LogP contribution in [0.4, 0.5) is 4.39 Å². The average molecular weight is 382 g/mol. The highest BCUT2D eigenvalue weighted by atomic mass is 19.1. The first-order chi connectivity index (χ1) is 13.0. The van der Waals surface area contributed by atoms with Crippen molar-refractivity contribution in [2.45, 2.75) is 59.2 Å². The van der Waals surface area contributed by atoms with Crippen molar-refractivity contribution in [1.29, 1.82) is 0 Å². The van der Waals surface area contributed by atoms with E-state index in [1.54, 1.807) is 40.7 Å². The summed E-state index contributed by atoms with van der Waals surface area (Å²) in [6, 6.07) is 10.7. The highest BCUT2D eigenvalue weighted by Crippen LogP contribution is 2.41. The summed E-state index contributed by atoms with van der Waals surface area (Å²) in [6.45, 7) is 10.7. The standard InChI is InChI=1S/C24H27FO3/c1-7-15-13-16(17-9-8-10-19(25)14(17)2)11-12-18(15)20-21(26)23(3,4)28-24(5,6)22(20)27/h8-13,26H,7H2,1-6H3. The summed E-state index contributed by atoms with van der Waals surface area (Å²) in [6.07, 6.45) is 0.670. The molecule has 0 fully saturated rings. The number of aliphatic hydroxyl groups is 1. The summed E-state index contributed by atoms with van der Waals surface area (Å²) < 4.78 is 19.8. The molecule has 1 aliphatic rings. The van der Waals surface area contributed by atoms with E-state index in [1.807, 2.05) is 31.2 Å². The van der Waals surface area contributed by atoms with Crippen molar-refractivity contribution in [3.63, 3.8) is 0 Å². The van der Waals surface area contributed by atoms with Crippen molar-refractivity contribution in [3.8, 4) is 11.1 Å². The van der Waals surface area contributed by atoms with Gasteiger partial charge in [-0.3, -0.25) is 4.79 Å². The van der Waals surface area contributed by atoms with Gasteiger partial charge < -0.3 is 9.84 Å². The summed E-state index contributed by atoms with van der Waals surface area (Å²) in [7, 11) is 0. The minimum absolute atomic E-state index is 0.0544. The number of halogens is 1. The molecule has 1 N–H and O–H groups in total. The van der Waals surface area contributed by atoms with E-state index in [9.17, 15) is 14.3 Å². The van der Waals surface area contributed by atoms with Crippen LogP contribution in [0.15, 0.2) is 42.2 Å². The van der Waals surface area contributed by atoms with Crippen LogP contribution in [0.25, 0.3) is 16.7 Å². The fourth-order valence-corrected chi connectivity index (χ4v) is 3.91. The zero-order valence-electron chi connectivity index (χ0n) is 17.3. The normalized spacial score (nSPS) is 18.5. The van der Waals surface area contributed by atoms with E-state index in [0.717, 1.165) is 16.7 Å². The lowest BCUT2D eigenvalue weighted by atomic mass is 9.81. The van der Waals surface area contributed by atoms with Crippen molar-refractivity contribution in [2.75, 3.05) is 0 Å². The number of aliphatic hydroxyl groups excluding tert-OH is 1. The molecule has 0 radical (unpaired) electrons. The second kappa shape index (κ2) is 6.85. The van der Waals surface area contributed by atoms with Crippen LogP contribution in [0.2, 0.25) is 0 Å². The molecule has 0 saturated carbocycles. The lowest BCUT2D eigenvalue weighted by Crippen LogP contribution is -2.49.